The number of nitrogens with zero attached hydrogens (tertiary/aromatic N) is 1. The average Bonchev–Trinajstić information content (AvgIpc) is 2.64. The molecule has 0 spiro atoms. The first-order chi connectivity index (χ1) is 13.2. The summed E-state index contributed by atoms with van der Waals surface area (Å²) in [6.07, 6.45) is 2.59. The van der Waals surface area contributed by atoms with Crippen LogP contribution in [0.3, 0.4) is 0 Å². The van der Waals surface area contributed by atoms with Crippen molar-refractivity contribution >= 4 is 33.2 Å². The summed E-state index contributed by atoms with van der Waals surface area (Å²) in [6.45, 7) is 5.19. The SMILES string of the molecule is C=CCNC(=O)c1ccccc1NC(=O)CN(c1ccccc1C)S(C)(=O)=O. The van der Waals surface area contributed by atoms with Gasteiger partial charge in [-0.25, -0.2) is 8.42 Å². The van der Waals surface area contributed by atoms with Crippen molar-refractivity contribution in [2.75, 3.05) is 29.0 Å². The molecule has 0 aliphatic carbocycles. The van der Waals surface area contributed by atoms with E-state index in [4.69, 9.17) is 0 Å². The number of amides is 2. The van der Waals surface area contributed by atoms with Gasteiger partial charge in [-0.2, -0.15) is 0 Å². The molecule has 0 radical (unpaired) electrons. The van der Waals surface area contributed by atoms with Gasteiger partial charge in [0.05, 0.1) is 23.2 Å². The van der Waals surface area contributed by atoms with Gasteiger partial charge in [-0.05, 0) is 30.7 Å². The van der Waals surface area contributed by atoms with Gasteiger partial charge in [0, 0.05) is 6.54 Å². The average molecular weight is 401 g/mol. The molecule has 0 atom stereocenters. The number of anilines is 2. The van der Waals surface area contributed by atoms with Crippen LogP contribution in [0.15, 0.2) is 61.2 Å². The molecule has 28 heavy (non-hydrogen) atoms. The zero-order chi connectivity index (χ0) is 20.7. The van der Waals surface area contributed by atoms with E-state index in [1.54, 1.807) is 61.5 Å². The van der Waals surface area contributed by atoms with Crippen molar-refractivity contribution in [2.24, 2.45) is 0 Å². The molecule has 148 valence electrons. The van der Waals surface area contributed by atoms with Crippen LogP contribution in [0.4, 0.5) is 11.4 Å². The fourth-order valence-corrected chi connectivity index (χ4v) is 3.51. The topological polar surface area (TPSA) is 95.6 Å². The second-order valence-electron chi connectivity index (χ2n) is 6.15. The number of hydrogen-bond acceptors (Lipinski definition) is 4. The lowest BCUT2D eigenvalue weighted by Gasteiger charge is -2.23. The van der Waals surface area contributed by atoms with Crippen LogP contribution in [0.25, 0.3) is 0 Å². The maximum atomic E-state index is 12.6. The lowest BCUT2D eigenvalue weighted by molar-refractivity contribution is -0.114. The van der Waals surface area contributed by atoms with Crippen LogP contribution in [0.2, 0.25) is 0 Å². The molecule has 8 heteroatoms. The zero-order valence-electron chi connectivity index (χ0n) is 15.8. The Hall–Kier alpha value is -3.13. The fourth-order valence-electron chi connectivity index (χ4n) is 2.59. The third-order valence-corrected chi connectivity index (χ3v) is 5.05. The van der Waals surface area contributed by atoms with Crippen LogP contribution in [-0.4, -0.2) is 39.6 Å². The lowest BCUT2D eigenvalue weighted by Crippen LogP contribution is -2.38. The van der Waals surface area contributed by atoms with E-state index in [-0.39, 0.29) is 18.0 Å². The summed E-state index contributed by atoms with van der Waals surface area (Å²) in [7, 11) is -3.68. The standard InChI is InChI=1S/C20H23N3O4S/c1-4-13-21-20(25)16-10-6-7-11-17(16)22-19(24)14-23(28(3,26)27)18-12-8-5-9-15(18)2/h4-12H,1,13-14H2,2-3H3,(H,21,25)(H,22,24). The van der Waals surface area contributed by atoms with E-state index >= 15 is 0 Å². The Morgan fingerprint density at radius 2 is 1.75 bits per heavy atom. The van der Waals surface area contributed by atoms with Crippen LogP contribution >= 0.6 is 0 Å². The van der Waals surface area contributed by atoms with E-state index < -0.39 is 22.5 Å². The van der Waals surface area contributed by atoms with Gasteiger partial charge in [-0.15, -0.1) is 6.58 Å². The first kappa shape index (κ1) is 21.2. The number of hydrogen-bond donors (Lipinski definition) is 2. The highest BCUT2D eigenvalue weighted by Crippen LogP contribution is 2.22. The molecule has 0 aromatic heterocycles. The number of para-hydroxylation sites is 2. The summed E-state index contributed by atoms with van der Waals surface area (Å²) in [6, 6.07) is 13.4. The summed E-state index contributed by atoms with van der Waals surface area (Å²) in [5.41, 5.74) is 1.73. The van der Waals surface area contributed by atoms with Crippen LogP contribution in [0, 0.1) is 6.92 Å². The van der Waals surface area contributed by atoms with Gasteiger partial charge in [0.1, 0.15) is 6.54 Å². The van der Waals surface area contributed by atoms with Crippen molar-refractivity contribution in [3.05, 3.63) is 72.3 Å². The first-order valence-electron chi connectivity index (χ1n) is 8.55. The normalized spacial score (nSPS) is 10.8. The van der Waals surface area contributed by atoms with Gasteiger partial charge in [-0.1, -0.05) is 36.4 Å². The van der Waals surface area contributed by atoms with Gasteiger partial charge in [0.25, 0.3) is 5.91 Å². The molecular formula is C20H23N3O4S. The Bertz CT molecular complexity index is 986. The van der Waals surface area contributed by atoms with Gasteiger partial charge in [0.2, 0.25) is 15.9 Å². The molecule has 0 heterocycles. The summed E-state index contributed by atoms with van der Waals surface area (Å²) in [5.74, 6) is -0.924. The van der Waals surface area contributed by atoms with E-state index in [2.05, 4.69) is 17.2 Å². The van der Waals surface area contributed by atoms with E-state index in [1.165, 1.54) is 0 Å². The van der Waals surface area contributed by atoms with Crippen molar-refractivity contribution in [1.29, 1.82) is 0 Å². The number of aryl methyl sites for hydroxylation is 1. The van der Waals surface area contributed by atoms with E-state index in [0.717, 1.165) is 16.1 Å². The Kier molecular flexibility index (Phi) is 6.94. The van der Waals surface area contributed by atoms with E-state index in [9.17, 15) is 18.0 Å². The third-order valence-electron chi connectivity index (χ3n) is 3.92. The zero-order valence-corrected chi connectivity index (χ0v) is 16.6. The third kappa shape index (κ3) is 5.43. The van der Waals surface area contributed by atoms with E-state index in [1.807, 2.05) is 0 Å². The molecular weight excluding hydrogens is 378 g/mol. The Morgan fingerprint density at radius 1 is 1.11 bits per heavy atom. The van der Waals surface area contributed by atoms with Gasteiger partial charge in [-0.3, -0.25) is 13.9 Å². The van der Waals surface area contributed by atoms with Crippen molar-refractivity contribution in [2.45, 2.75) is 6.92 Å². The predicted molar refractivity (Wildman–Crippen MR) is 111 cm³/mol. The first-order valence-corrected chi connectivity index (χ1v) is 10.4. The van der Waals surface area contributed by atoms with Gasteiger partial charge >= 0.3 is 0 Å². The molecule has 2 rings (SSSR count). The monoisotopic (exact) mass is 401 g/mol. The molecule has 0 bridgehead atoms. The second-order valence-corrected chi connectivity index (χ2v) is 8.06. The second kappa shape index (κ2) is 9.18. The summed E-state index contributed by atoms with van der Waals surface area (Å²) < 4.78 is 25.5. The quantitative estimate of drug-likeness (QED) is 0.664. The highest BCUT2D eigenvalue weighted by Gasteiger charge is 2.23. The number of carbonyl (C=O) groups excluding carboxylic acids is 2. The molecule has 0 aliphatic rings. The molecule has 2 aromatic carbocycles. The van der Waals surface area contributed by atoms with E-state index in [0.29, 0.717) is 11.4 Å². The number of rotatable bonds is 8. The minimum Gasteiger partial charge on any atom is -0.349 e. The lowest BCUT2D eigenvalue weighted by atomic mass is 10.1. The van der Waals surface area contributed by atoms with Gasteiger partial charge in [0.15, 0.2) is 0 Å². The molecule has 0 saturated carbocycles. The summed E-state index contributed by atoms with van der Waals surface area (Å²) in [4.78, 5) is 24.8. The minimum absolute atomic E-state index is 0.277. The maximum Gasteiger partial charge on any atom is 0.253 e. The number of sulfonamides is 1. The van der Waals surface area contributed by atoms with Crippen molar-refractivity contribution < 1.29 is 18.0 Å². The Labute approximate surface area is 165 Å². The van der Waals surface area contributed by atoms with Crippen LogP contribution in [0.1, 0.15) is 15.9 Å². The fraction of sp³-hybridized carbons (Fsp3) is 0.200. The van der Waals surface area contributed by atoms with Crippen LogP contribution in [0.5, 0.6) is 0 Å². The number of benzene rings is 2. The summed E-state index contributed by atoms with van der Waals surface area (Å²) in [5, 5.41) is 5.27. The van der Waals surface area contributed by atoms with Crippen molar-refractivity contribution in [3.8, 4) is 0 Å². The highest BCUT2D eigenvalue weighted by molar-refractivity contribution is 7.92. The van der Waals surface area contributed by atoms with Crippen molar-refractivity contribution in [1.82, 2.24) is 5.32 Å². The smallest absolute Gasteiger partial charge is 0.253 e. The maximum absolute atomic E-state index is 12.6. The molecule has 0 saturated heterocycles. The number of carbonyl (C=O) groups is 2. The molecule has 2 aromatic rings. The molecule has 7 nitrogen and oxygen atoms in total. The molecule has 0 fully saturated rings. The number of nitrogens with one attached hydrogen (secondary N) is 2. The largest absolute Gasteiger partial charge is 0.349 e. The predicted octanol–water partition coefficient (Wildman–Crippen LogP) is 2.32. The van der Waals surface area contributed by atoms with Crippen LogP contribution < -0.4 is 14.9 Å². The van der Waals surface area contributed by atoms with Crippen LogP contribution in [-0.2, 0) is 14.8 Å². The summed E-state index contributed by atoms with van der Waals surface area (Å²) >= 11 is 0. The Balaban J connectivity index is 2.24. The van der Waals surface area contributed by atoms with Crippen molar-refractivity contribution in [3.63, 3.8) is 0 Å². The molecule has 2 N–H and O–H groups in total. The Morgan fingerprint density at radius 3 is 2.39 bits per heavy atom. The minimum atomic E-state index is -3.68. The molecule has 0 aliphatic heterocycles. The molecule has 2 amide bonds. The van der Waals surface area contributed by atoms with Gasteiger partial charge < -0.3 is 10.6 Å². The molecule has 0 unspecified atom stereocenters. The highest BCUT2D eigenvalue weighted by atomic mass is 32.2.